The molecule has 0 saturated carbocycles. The molecule has 0 unspecified atom stereocenters. The number of aromatic hydroxyl groups is 1. The van der Waals surface area contributed by atoms with Gasteiger partial charge in [0.05, 0.1) is 6.10 Å². The molecule has 0 radical (unpaired) electrons. The topological polar surface area (TPSA) is 104 Å². The van der Waals surface area contributed by atoms with E-state index in [1.807, 2.05) is 0 Å². The van der Waals surface area contributed by atoms with Crippen LogP contribution in [0.4, 0.5) is 0 Å². The molecule has 0 heterocycles. The zero-order chi connectivity index (χ0) is 18.6. The molecule has 25 heavy (non-hydrogen) atoms. The minimum Gasteiger partial charge on any atom is -0.507 e. The molecule has 2 aromatic rings. The Morgan fingerprint density at radius 1 is 1.00 bits per heavy atom. The molecular formula is C19H20O6. The van der Waals surface area contributed by atoms with E-state index in [2.05, 4.69) is 0 Å². The van der Waals surface area contributed by atoms with E-state index < -0.39 is 23.6 Å². The number of hydrogen-bond donors (Lipinski definition) is 3. The van der Waals surface area contributed by atoms with Gasteiger partial charge in [-0.15, -0.1) is 0 Å². The zero-order valence-corrected chi connectivity index (χ0v) is 14.0. The van der Waals surface area contributed by atoms with Gasteiger partial charge in [-0.3, -0.25) is 0 Å². The molecule has 0 aliphatic carbocycles. The molecule has 2 rings (SSSR count). The number of phenolic OH excluding ortho intramolecular Hbond substituents is 1. The monoisotopic (exact) mass is 344 g/mol. The van der Waals surface area contributed by atoms with Gasteiger partial charge in [0.25, 0.3) is 5.60 Å². The lowest BCUT2D eigenvalue weighted by Gasteiger charge is -2.27. The zero-order valence-electron chi connectivity index (χ0n) is 14.0. The molecule has 0 aliphatic heterocycles. The molecule has 132 valence electrons. The molecule has 6 nitrogen and oxygen atoms in total. The van der Waals surface area contributed by atoms with Crippen molar-refractivity contribution in [2.75, 3.05) is 0 Å². The second-order valence-corrected chi connectivity index (χ2v) is 5.99. The first kappa shape index (κ1) is 18.5. The third-order valence-corrected chi connectivity index (χ3v) is 3.75. The van der Waals surface area contributed by atoms with Gasteiger partial charge in [0, 0.05) is 12.0 Å². The molecule has 0 atom stereocenters. The van der Waals surface area contributed by atoms with Crippen molar-refractivity contribution in [2.45, 2.75) is 32.0 Å². The second kappa shape index (κ2) is 7.36. The number of carbonyl (C=O) groups is 2. The third-order valence-electron chi connectivity index (χ3n) is 3.75. The summed E-state index contributed by atoms with van der Waals surface area (Å²) in [6, 6.07) is 13.5. The van der Waals surface area contributed by atoms with E-state index in [-0.39, 0.29) is 12.2 Å². The maximum absolute atomic E-state index is 11.6. The van der Waals surface area contributed by atoms with Crippen LogP contribution in [0.1, 0.15) is 19.4 Å². The Morgan fingerprint density at radius 2 is 1.56 bits per heavy atom. The minimum absolute atomic E-state index is 0.129. The third kappa shape index (κ3) is 3.97. The van der Waals surface area contributed by atoms with Crippen molar-refractivity contribution in [3.63, 3.8) is 0 Å². The summed E-state index contributed by atoms with van der Waals surface area (Å²) in [6.07, 6.45) is -0.871. The largest absolute Gasteiger partial charge is 0.507 e. The van der Waals surface area contributed by atoms with Crippen LogP contribution in [-0.4, -0.2) is 39.0 Å². The molecule has 0 fully saturated rings. The highest BCUT2D eigenvalue weighted by atomic mass is 16.6. The van der Waals surface area contributed by atoms with Crippen LogP contribution >= 0.6 is 0 Å². The van der Waals surface area contributed by atoms with Crippen molar-refractivity contribution in [1.29, 1.82) is 0 Å². The fraction of sp³-hybridized carbons (Fsp3) is 0.263. The van der Waals surface area contributed by atoms with Crippen LogP contribution in [0.25, 0.3) is 11.1 Å². The number of phenols is 1. The van der Waals surface area contributed by atoms with Gasteiger partial charge in [-0.1, -0.05) is 42.5 Å². The molecule has 6 heteroatoms. The average molecular weight is 344 g/mol. The molecule has 2 aromatic carbocycles. The normalized spacial score (nSPS) is 11.5. The van der Waals surface area contributed by atoms with Gasteiger partial charge in [0.15, 0.2) is 0 Å². The first-order chi connectivity index (χ1) is 11.8. The van der Waals surface area contributed by atoms with Crippen LogP contribution < -0.4 is 0 Å². The van der Waals surface area contributed by atoms with Gasteiger partial charge in [-0.2, -0.15) is 0 Å². The maximum atomic E-state index is 11.6. The summed E-state index contributed by atoms with van der Waals surface area (Å²) in [7, 11) is 0. The van der Waals surface area contributed by atoms with Crippen LogP contribution in [0.3, 0.4) is 0 Å². The number of aliphatic carboxylic acids is 2. The van der Waals surface area contributed by atoms with Crippen molar-refractivity contribution in [1.82, 2.24) is 0 Å². The number of carboxylic acid groups (broad SMARTS) is 2. The second-order valence-electron chi connectivity index (χ2n) is 5.99. The highest BCUT2D eigenvalue weighted by molar-refractivity contribution is 6.02. The quantitative estimate of drug-likeness (QED) is 0.667. The lowest BCUT2D eigenvalue weighted by molar-refractivity contribution is -0.188. The van der Waals surface area contributed by atoms with Gasteiger partial charge in [-0.05, 0) is 31.0 Å². The van der Waals surface area contributed by atoms with Crippen LogP contribution in [0.15, 0.2) is 48.5 Å². The summed E-state index contributed by atoms with van der Waals surface area (Å²) in [6.45, 7) is 3.17. The molecule has 0 spiro atoms. The molecule has 0 bridgehead atoms. The predicted octanol–water partition coefficient (Wildman–Crippen LogP) is 2.93. The predicted molar refractivity (Wildman–Crippen MR) is 91.5 cm³/mol. The van der Waals surface area contributed by atoms with E-state index >= 15 is 0 Å². The Balaban J connectivity index is 2.33. The van der Waals surface area contributed by atoms with Crippen molar-refractivity contribution >= 4 is 11.9 Å². The van der Waals surface area contributed by atoms with Gasteiger partial charge in [-0.25, -0.2) is 9.59 Å². The minimum atomic E-state index is -2.34. The summed E-state index contributed by atoms with van der Waals surface area (Å²) in [4.78, 5) is 23.2. The Morgan fingerprint density at radius 3 is 2.04 bits per heavy atom. The molecular weight excluding hydrogens is 324 g/mol. The number of ether oxygens (including phenoxy) is 1. The summed E-state index contributed by atoms with van der Waals surface area (Å²) in [5, 5.41) is 28.8. The number of para-hydroxylation sites is 1. The number of carboxylic acids is 2. The molecule has 0 saturated heterocycles. The maximum Gasteiger partial charge on any atom is 0.348 e. The smallest absolute Gasteiger partial charge is 0.348 e. The van der Waals surface area contributed by atoms with Gasteiger partial charge in [0.1, 0.15) is 5.75 Å². The average Bonchev–Trinajstić information content (AvgIpc) is 2.54. The summed E-state index contributed by atoms with van der Waals surface area (Å²) < 4.78 is 5.26. The van der Waals surface area contributed by atoms with E-state index in [1.165, 1.54) is 0 Å². The van der Waals surface area contributed by atoms with E-state index in [9.17, 15) is 24.9 Å². The van der Waals surface area contributed by atoms with E-state index in [4.69, 9.17) is 4.74 Å². The summed E-state index contributed by atoms with van der Waals surface area (Å²) >= 11 is 0. The first-order valence-electron chi connectivity index (χ1n) is 7.78. The van der Waals surface area contributed by atoms with E-state index in [0.29, 0.717) is 11.1 Å². The number of rotatable bonds is 7. The lowest BCUT2D eigenvalue weighted by Crippen LogP contribution is -2.52. The standard InChI is InChI=1S/C19H20O6/c1-12(2)25-19(17(21)22,18(23)24)11-13-7-9-14(10-8-13)15-5-3-4-6-16(15)20/h3-10,12,20H,11H2,1-2H3,(H,21,22)(H,23,24). The fourth-order valence-corrected chi connectivity index (χ4v) is 2.59. The highest BCUT2D eigenvalue weighted by Gasteiger charge is 2.49. The summed E-state index contributed by atoms with van der Waals surface area (Å²) in [5.41, 5.74) is -0.465. The Hall–Kier alpha value is -2.86. The Labute approximate surface area is 145 Å². The van der Waals surface area contributed by atoms with Crippen LogP contribution in [-0.2, 0) is 20.7 Å². The Bertz CT molecular complexity index is 750. The molecule has 3 N–H and O–H groups in total. The molecule has 0 aromatic heterocycles. The van der Waals surface area contributed by atoms with Crippen LogP contribution in [0, 0.1) is 0 Å². The van der Waals surface area contributed by atoms with E-state index in [0.717, 1.165) is 5.56 Å². The summed E-state index contributed by atoms with van der Waals surface area (Å²) in [5.74, 6) is -2.96. The lowest BCUT2D eigenvalue weighted by atomic mass is 9.92. The first-order valence-corrected chi connectivity index (χ1v) is 7.78. The molecule has 0 aliphatic rings. The van der Waals surface area contributed by atoms with Gasteiger partial charge >= 0.3 is 11.9 Å². The highest BCUT2D eigenvalue weighted by Crippen LogP contribution is 2.29. The van der Waals surface area contributed by atoms with Crippen molar-refractivity contribution in [2.24, 2.45) is 0 Å². The van der Waals surface area contributed by atoms with E-state index in [1.54, 1.807) is 62.4 Å². The van der Waals surface area contributed by atoms with Crippen molar-refractivity contribution in [3.05, 3.63) is 54.1 Å². The molecule has 0 amide bonds. The Kier molecular flexibility index (Phi) is 5.44. The van der Waals surface area contributed by atoms with Crippen LogP contribution in [0.5, 0.6) is 5.75 Å². The van der Waals surface area contributed by atoms with Crippen molar-refractivity contribution < 1.29 is 29.6 Å². The van der Waals surface area contributed by atoms with Gasteiger partial charge < -0.3 is 20.1 Å². The van der Waals surface area contributed by atoms with Crippen LogP contribution in [0.2, 0.25) is 0 Å². The SMILES string of the molecule is CC(C)OC(Cc1ccc(-c2ccccc2O)cc1)(C(=O)O)C(=O)O. The number of benzene rings is 2. The van der Waals surface area contributed by atoms with Crippen molar-refractivity contribution in [3.8, 4) is 16.9 Å². The fourth-order valence-electron chi connectivity index (χ4n) is 2.59. The number of hydrogen-bond acceptors (Lipinski definition) is 4. The van der Waals surface area contributed by atoms with Gasteiger partial charge in [0.2, 0.25) is 0 Å².